The van der Waals surface area contributed by atoms with Gasteiger partial charge in [0.1, 0.15) is 0 Å². The van der Waals surface area contributed by atoms with Crippen LogP contribution in [0.4, 0.5) is 10.2 Å². The molecular formula is C14H21ClFN3. The van der Waals surface area contributed by atoms with Gasteiger partial charge in [-0.15, -0.1) is 0 Å². The highest BCUT2D eigenvalue weighted by Gasteiger charge is 2.27. The zero-order valence-electron chi connectivity index (χ0n) is 11.5. The van der Waals surface area contributed by atoms with E-state index in [0.717, 1.165) is 32.5 Å². The molecule has 1 N–H and O–H groups in total. The van der Waals surface area contributed by atoms with Gasteiger partial charge in [-0.1, -0.05) is 25.4 Å². The molecule has 0 spiro atoms. The molecule has 0 amide bonds. The van der Waals surface area contributed by atoms with Gasteiger partial charge < -0.3 is 10.2 Å². The van der Waals surface area contributed by atoms with Gasteiger partial charge in [0.15, 0.2) is 11.6 Å². The summed E-state index contributed by atoms with van der Waals surface area (Å²) in [4.78, 5) is 6.20. The molecule has 1 aliphatic rings. The van der Waals surface area contributed by atoms with Crippen molar-refractivity contribution in [2.45, 2.75) is 32.7 Å². The SMILES string of the molecule is CC(C)CNCC1CCCN1c1ncc(Cl)cc1F. The molecule has 2 heterocycles. The van der Waals surface area contributed by atoms with Crippen molar-refractivity contribution < 1.29 is 4.39 Å². The Morgan fingerprint density at radius 1 is 1.58 bits per heavy atom. The smallest absolute Gasteiger partial charge is 0.167 e. The Morgan fingerprint density at radius 2 is 2.37 bits per heavy atom. The largest absolute Gasteiger partial charge is 0.350 e. The highest BCUT2D eigenvalue weighted by molar-refractivity contribution is 6.30. The third kappa shape index (κ3) is 3.80. The van der Waals surface area contributed by atoms with Crippen molar-refractivity contribution in [1.29, 1.82) is 0 Å². The molecule has 1 aliphatic heterocycles. The lowest BCUT2D eigenvalue weighted by molar-refractivity contribution is 0.507. The van der Waals surface area contributed by atoms with E-state index in [4.69, 9.17) is 11.6 Å². The molecule has 0 bridgehead atoms. The van der Waals surface area contributed by atoms with E-state index in [-0.39, 0.29) is 5.82 Å². The topological polar surface area (TPSA) is 28.2 Å². The van der Waals surface area contributed by atoms with Gasteiger partial charge >= 0.3 is 0 Å². The molecule has 1 atom stereocenters. The van der Waals surface area contributed by atoms with Gasteiger partial charge in [-0.3, -0.25) is 0 Å². The summed E-state index contributed by atoms with van der Waals surface area (Å²) in [5, 5.41) is 3.78. The van der Waals surface area contributed by atoms with Crippen LogP contribution in [0, 0.1) is 11.7 Å². The van der Waals surface area contributed by atoms with Gasteiger partial charge in [-0.2, -0.15) is 0 Å². The summed E-state index contributed by atoms with van der Waals surface area (Å²) in [6.45, 7) is 7.09. The van der Waals surface area contributed by atoms with Gasteiger partial charge in [-0.25, -0.2) is 9.37 Å². The number of rotatable bonds is 5. The van der Waals surface area contributed by atoms with Crippen LogP contribution >= 0.6 is 11.6 Å². The van der Waals surface area contributed by atoms with Crippen LogP contribution in [0.2, 0.25) is 5.02 Å². The maximum Gasteiger partial charge on any atom is 0.167 e. The monoisotopic (exact) mass is 285 g/mol. The van der Waals surface area contributed by atoms with Crippen molar-refractivity contribution in [2.75, 3.05) is 24.5 Å². The predicted molar refractivity (Wildman–Crippen MR) is 77.3 cm³/mol. The Morgan fingerprint density at radius 3 is 3.05 bits per heavy atom. The first-order chi connectivity index (χ1) is 9.08. The van der Waals surface area contributed by atoms with Crippen LogP contribution in [0.15, 0.2) is 12.3 Å². The van der Waals surface area contributed by atoms with Gasteiger partial charge in [-0.05, 0) is 31.4 Å². The molecule has 3 nitrogen and oxygen atoms in total. The van der Waals surface area contributed by atoms with E-state index < -0.39 is 0 Å². The first kappa shape index (κ1) is 14.5. The van der Waals surface area contributed by atoms with Crippen molar-refractivity contribution in [1.82, 2.24) is 10.3 Å². The number of nitrogens with zero attached hydrogens (tertiary/aromatic N) is 2. The van der Waals surface area contributed by atoms with Crippen LogP contribution in [0.1, 0.15) is 26.7 Å². The molecule has 1 fully saturated rings. The van der Waals surface area contributed by atoms with Gasteiger partial charge in [0.25, 0.3) is 0 Å². The van der Waals surface area contributed by atoms with E-state index >= 15 is 0 Å². The number of halogens is 2. The quantitative estimate of drug-likeness (QED) is 0.901. The average molecular weight is 286 g/mol. The first-order valence-electron chi connectivity index (χ1n) is 6.86. The van der Waals surface area contributed by atoms with Gasteiger partial charge in [0, 0.05) is 25.3 Å². The van der Waals surface area contributed by atoms with Crippen LogP contribution in [0.5, 0.6) is 0 Å². The number of hydrogen-bond donors (Lipinski definition) is 1. The van der Waals surface area contributed by atoms with Crippen molar-refractivity contribution in [3.05, 3.63) is 23.1 Å². The Bertz CT molecular complexity index is 425. The summed E-state index contributed by atoms with van der Waals surface area (Å²) in [6, 6.07) is 1.66. The van der Waals surface area contributed by atoms with Crippen LogP contribution in [0.3, 0.4) is 0 Å². The molecule has 1 aromatic rings. The van der Waals surface area contributed by atoms with Crippen LogP contribution in [0.25, 0.3) is 0 Å². The lowest BCUT2D eigenvalue weighted by Gasteiger charge is -2.26. The summed E-state index contributed by atoms with van der Waals surface area (Å²) >= 11 is 5.75. The number of anilines is 1. The zero-order chi connectivity index (χ0) is 13.8. The molecule has 1 aromatic heterocycles. The van der Waals surface area contributed by atoms with Crippen molar-refractivity contribution in [2.24, 2.45) is 5.92 Å². The Balaban J connectivity index is 2.01. The molecular weight excluding hydrogens is 265 g/mol. The molecule has 19 heavy (non-hydrogen) atoms. The number of pyridine rings is 1. The summed E-state index contributed by atoms with van der Waals surface area (Å²) in [5.74, 6) is 0.724. The molecule has 0 aromatic carbocycles. The summed E-state index contributed by atoms with van der Waals surface area (Å²) < 4.78 is 13.9. The summed E-state index contributed by atoms with van der Waals surface area (Å²) in [5.41, 5.74) is 0. The summed E-state index contributed by atoms with van der Waals surface area (Å²) in [6.07, 6.45) is 3.67. The summed E-state index contributed by atoms with van der Waals surface area (Å²) in [7, 11) is 0. The Kier molecular flexibility index (Phi) is 4.99. The molecule has 5 heteroatoms. The Hall–Kier alpha value is -0.870. The third-order valence-electron chi connectivity index (χ3n) is 3.37. The molecule has 0 saturated carbocycles. The second-order valence-corrected chi connectivity index (χ2v) is 5.94. The van der Waals surface area contributed by atoms with E-state index in [1.54, 1.807) is 0 Å². The highest BCUT2D eigenvalue weighted by atomic mass is 35.5. The third-order valence-corrected chi connectivity index (χ3v) is 3.58. The van der Waals surface area contributed by atoms with Crippen LogP contribution in [-0.4, -0.2) is 30.7 Å². The van der Waals surface area contributed by atoms with Gasteiger partial charge in [0.2, 0.25) is 0 Å². The van der Waals surface area contributed by atoms with Crippen LogP contribution in [-0.2, 0) is 0 Å². The molecule has 1 saturated heterocycles. The van der Waals surface area contributed by atoms with Crippen molar-refractivity contribution in [3.63, 3.8) is 0 Å². The standard InChI is InChI=1S/C14H21ClFN3/c1-10(2)7-17-9-12-4-3-5-19(12)14-13(16)6-11(15)8-18-14/h6,8,10,12,17H,3-5,7,9H2,1-2H3. The fourth-order valence-electron chi connectivity index (χ4n) is 2.48. The number of aromatic nitrogens is 1. The minimum atomic E-state index is -0.330. The van der Waals surface area contributed by atoms with E-state index in [9.17, 15) is 4.39 Å². The average Bonchev–Trinajstić information content (AvgIpc) is 2.77. The molecule has 0 radical (unpaired) electrons. The normalized spacial score (nSPS) is 19.4. The minimum Gasteiger partial charge on any atom is -0.350 e. The molecule has 0 aliphatic carbocycles. The van der Waals surface area contributed by atoms with E-state index in [1.165, 1.54) is 12.3 Å². The fraction of sp³-hybridized carbons (Fsp3) is 0.643. The number of hydrogen-bond acceptors (Lipinski definition) is 3. The lowest BCUT2D eigenvalue weighted by atomic mass is 10.2. The second kappa shape index (κ2) is 6.53. The minimum absolute atomic E-state index is 0.321. The molecule has 1 unspecified atom stereocenters. The Labute approximate surface area is 119 Å². The van der Waals surface area contributed by atoms with Crippen LogP contribution < -0.4 is 10.2 Å². The molecule has 2 rings (SSSR count). The van der Waals surface area contributed by atoms with E-state index in [1.807, 2.05) is 0 Å². The maximum absolute atomic E-state index is 13.9. The van der Waals surface area contributed by atoms with E-state index in [2.05, 4.69) is 29.0 Å². The first-order valence-corrected chi connectivity index (χ1v) is 7.24. The van der Waals surface area contributed by atoms with Gasteiger partial charge in [0.05, 0.1) is 5.02 Å². The zero-order valence-corrected chi connectivity index (χ0v) is 12.3. The maximum atomic E-state index is 13.9. The lowest BCUT2D eigenvalue weighted by Crippen LogP contribution is -2.39. The van der Waals surface area contributed by atoms with Crippen molar-refractivity contribution in [3.8, 4) is 0 Å². The fourth-order valence-corrected chi connectivity index (χ4v) is 2.63. The second-order valence-electron chi connectivity index (χ2n) is 5.50. The van der Waals surface area contributed by atoms with Crippen molar-refractivity contribution >= 4 is 17.4 Å². The highest BCUT2D eigenvalue weighted by Crippen LogP contribution is 2.27. The number of nitrogens with one attached hydrogen (secondary N) is 1. The molecule has 106 valence electrons. The predicted octanol–water partition coefficient (Wildman–Crippen LogP) is 3.09. The van der Waals surface area contributed by atoms with E-state index in [0.29, 0.717) is 22.8 Å².